The van der Waals surface area contributed by atoms with Crippen LogP contribution in [0.15, 0.2) is 0 Å². The molecule has 5 heteroatoms. The van der Waals surface area contributed by atoms with Crippen molar-refractivity contribution in [2.45, 2.75) is 57.9 Å². The third kappa shape index (κ3) is 2.56. The monoisotopic (exact) mass is 305 g/mol. The third-order valence-corrected chi connectivity index (χ3v) is 7.24. The second-order valence-electron chi connectivity index (χ2n) is 8.02. The molecular formula is C14H24ClNO2S. The highest BCUT2D eigenvalue weighted by molar-refractivity contribution is 7.89. The molecule has 0 saturated heterocycles. The van der Waals surface area contributed by atoms with Gasteiger partial charge in [0.05, 0.1) is 5.75 Å². The molecule has 4 aliphatic carbocycles. The van der Waals surface area contributed by atoms with Gasteiger partial charge in [0.1, 0.15) is 0 Å². The lowest BCUT2D eigenvalue weighted by Crippen LogP contribution is -2.65. The fraction of sp³-hybridized carbons (Fsp3) is 1.00. The van der Waals surface area contributed by atoms with Gasteiger partial charge < -0.3 is 0 Å². The van der Waals surface area contributed by atoms with E-state index in [2.05, 4.69) is 18.6 Å². The Balaban J connectivity index is 1.89. The largest absolute Gasteiger partial charge is 0.213 e. The highest BCUT2D eigenvalue weighted by Crippen LogP contribution is 2.66. The van der Waals surface area contributed by atoms with E-state index in [4.69, 9.17) is 11.6 Å². The van der Waals surface area contributed by atoms with Crippen LogP contribution in [-0.4, -0.2) is 25.6 Å². The van der Waals surface area contributed by atoms with E-state index < -0.39 is 10.0 Å². The number of alkyl halides is 1. The average Bonchev–Trinajstić information content (AvgIpc) is 2.07. The zero-order valence-corrected chi connectivity index (χ0v) is 13.4. The Hall–Kier alpha value is 0.200. The van der Waals surface area contributed by atoms with Crippen molar-refractivity contribution in [1.29, 1.82) is 0 Å². The molecule has 0 radical (unpaired) electrons. The van der Waals surface area contributed by atoms with Crippen LogP contribution >= 0.6 is 11.6 Å². The molecule has 3 nitrogen and oxygen atoms in total. The van der Waals surface area contributed by atoms with Crippen LogP contribution in [0, 0.1) is 16.7 Å². The van der Waals surface area contributed by atoms with Crippen molar-refractivity contribution in [2.75, 3.05) is 11.6 Å². The summed E-state index contributed by atoms with van der Waals surface area (Å²) in [5.74, 6) is 0.905. The van der Waals surface area contributed by atoms with Gasteiger partial charge in [-0.25, -0.2) is 13.1 Å². The van der Waals surface area contributed by atoms with Gasteiger partial charge in [0, 0.05) is 11.4 Å². The van der Waals surface area contributed by atoms with Gasteiger partial charge in [0.2, 0.25) is 10.0 Å². The summed E-state index contributed by atoms with van der Waals surface area (Å²) in [4.78, 5) is 0. The van der Waals surface area contributed by atoms with Crippen LogP contribution in [0.25, 0.3) is 0 Å². The molecular weight excluding hydrogens is 282 g/mol. The zero-order valence-electron chi connectivity index (χ0n) is 11.8. The fourth-order valence-electron chi connectivity index (χ4n) is 6.04. The molecule has 4 fully saturated rings. The number of rotatable bonds is 4. The lowest BCUT2D eigenvalue weighted by atomic mass is 9.43. The average molecular weight is 306 g/mol. The fourth-order valence-corrected chi connectivity index (χ4v) is 7.85. The van der Waals surface area contributed by atoms with Crippen LogP contribution in [0.5, 0.6) is 0 Å². The van der Waals surface area contributed by atoms with Gasteiger partial charge in [-0.05, 0) is 55.3 Å². The molecule has 19 heavy (non-hydrogen) atoms. The molecule has 2 atom stereocenters. The molecule has 2 unspecified atom stereocenters. The Morgan fingerprint density at radius 2 is 1.68 bits per heavy atom. The number of sulfonamides is 1. The SMILES string of the molecule is CC12CC3CC(C)(C1)CC(NS(=O)(=O)CCCl)(C3)C2. The maximum Gasteiger partial charge on any atom is 0.213 e. The van der Waals surface area contributed by atoms with Crippen molar-refractivity contribution < 1.29 is 8.42 Å². The summed E-state index contributed by atoms with van der Waals surface area (Å²) in [7, 11) is -3.23. The topological polar surface area (TPSA) is 46.2 Å². The number of nitrogens with one attached hydrogen (secondary N) is 1. The summed E-state index contributed by atoms with van der Waals surface area (Å²) in [6.07, 6.45) is 6.86. The first kappa shape index (κ1) is 14.2. The lowest BCUT2D eigenvalue weighted by molar-refractivity contribution is -0.110. The second-order valence-corrected chi connectivity index (χ2v) is 10.2. The Bertz CT molecular complexity index is 472. The van der Waals surface area contributed by atoms with E-state index in [0.717, 1.165) is 19.3 Å². The molecule has 4 bridgehead atoms. The minimum atomic E-state index is -3.23. The predicted octanol–water partition coefficient (Wildman–Crippen LogP) is 2.89. The van der Waals surface area contributed by atoms with Crippen LogP contribution < -0.4 is 4.72 Å². The predicted molar refractivity (Wildman–Crippen MR) is 77.8 cm³/mol. The van der Waals surface area contributed by atoms with Gasteiger partial charge >= 0.3 is 0 Å². The van der Waals surface area contributed by atoms with Gasteiger partial charge in [-0.1, -0.05) is 13.8 Å². The maximum atomic E-state index is 12.1. The van der Waals surface area contributed by atoms with Crippen LogP contribution in [-0.2, 0) is 10.0 Å². The number of halogens is 1. The first-order valence-electron chi connectivity index (χ1n) is 7.25. The molecule has 0 amide bonds. The highest BCUT2D eigenvalue weighted by atomic mass is 35.5. The first-order chi connectivity index (χ1) is 8.67. The summed E-state index contributed by atoms with van der Waals surface area (Å²) >= 11 is 5.61. The smallest absolute Gasteiger partial charge is 0.212 e. The van der Waals surface area contributed by atoms with Crippen LogP contribution in [0.2, 0.25) is 0 Å². The number of hydrogen-bond acceptors (Lipinski definition) is 2. The van der Waals surface area contributed by atoms with Gasteiger partial charge in [0.15, 0.2) is 0 Å². The summed E-state index contributed by atoms with van der Waals surface area (Å²) in [6, 6.07) is 0. The molecule has 0 aromatic heterocycles. The summed E-state index contributed by atoms with van der Waals surface area (Å²) < 4.78 is 27.3. The molecule has 110 valence electrons. The van der Waals surface area contributed by atoms with Crippen molar-refractivity contribution >= 4 is 21.6 Å². The highest BCUT2D eigenvalue weighted by Gasteiger charge is 2.60. The van der Waals surface area contributed by atoms with E-state index in [-0.39, 0.29) is 17.2 Å². The minimum absolute atomic E-state index is 0.0361. The first-order valence-corrected chi connectivity index (χ1v) is 9.44. The lowest BCUT2D eigenvalue weighted by Gasteiger charge is -2.65. The van der Waals surface area contributed by atoms with Gasteiger partial charge in [-0.2, -0.15) is 0 Å². The normalized spacial score (nSPS) is 48.7. The molecule has 4 aliphatic rings. The molecule has 1 N–H and O–H groups in total. The second kappa shape index (κ2) is 4.11. The van der Waals surface area contributed by atoms with Crippen molar-refractivity contribution in [1.82, 2.24) is 4.72 Å². The quantitative estimate of drug-likeness (QED) is 0.812. The Morgan fingerprint density at radius 1 is 1.11 bits per heavy atom. The standard InChI is InChI=1S/C14H24ClNO2S/c1-12-5-11-6-13(2,8-12)10-14(7-11,9-12)16-19(17,18)4-3-15/h11,16H,3-10H2,1-2H3. The molecule has 4 saturated carbocycles. The van der Waals surface area contributed by atoms with E-state index in [1.165, 1.54) is 19.3 Å². The van der Waals surface area contributed by atoms with Gasteiger partial charge in [-0.3, -0.25) is 0 Å². The molecule has 0 aliphatic heterocycles. The van der Waals surface area contributed by atoms with Crippen molar-refractivity contribution in [3.63, 3.8) is 0 Å². The molecule has 0 aromatic rings. The minimum Gasteiger partial charge on any atom is -0.212 e. The maximum absolute atomic E-state index is 12.1. The summed E-state index contributed by atoms with van der Waals surface area (Å²) in [5, 5.41) is 0. The van der Waals surface area contributed by atoms with Crippen LogP contribution in [0.4, 0.5) is 0 Å². The Labute approximate surface area is 121 Å². The molecule has 4 rings (SSSR count). The Kier molecular flexibility index (Phi) is 3.06. The molecule has 0 aromatic carbocycles. The van der Waals surface area contributed by atoms with Gasteiger partial charge in [-0.15, -0.1) is 11.6 Å². The Morgan fingerprint density at radius 3 is 2.16 bits per heavy atom. The van der Waals surface area contributed by atoms with Crippen molar-refractivity contribution in [3.8, 4) is 0 Å². The molecule has 0 spiro atoms. The van der Waals surface area contributed by atoms with E-state index in [9.17, 15) is 8.42 Å². The summed E-state index contributed by atoms with van der Waals surface area (Å²) in [6.45, 7) is 4.70. The van der Waals surface area contributed by atoms with E-state index in [1.54, 1.807) is 0 Å². The third-order valence-electron chi connectivity index (χ3n) is 5.34. The van der Waals surface area contributed by atoms with Crippen molar-refractivity contribution in [2.24, 2.45) is 16.7 Å². The van der Waals surface area contributed by atoms with E-state index in [0.29, 0.717) is 16.7 Å². The van der Waals surface area contributed by atoms with Gasteiger partial charge in [0.25, 0.3) is 0 Å². The van der Waals surface area contributed by atoms with E-state index in [1.807, 2.05) is 0 Å². The zero-order chi connectivity index (χ0) is 13.9. The molecule has 0 heterocycles. The van der Waals surface area contributed by atoms with Crippen molar-refractivity contribution in [3.05, 3.63) is 0 Å². The van der Waals surface area contributed by atoms with Crippen LogP contribution in [0.3, 0.4) is 0 Å². The van der Waals surface area contributed by atoms with E-state index >= 15 is 0 Å². The summed E-state index contributed by atoms with van der Waals surface area (Å²) in [5.41, 5.74) is 0.475. The van der Waals surface area contributed by atoms with Crippen LogP contribution in [0.1, 0.15) is 52.4 Å². The number of hydrogen-bond donors (Lipinski definition) is 1.